The van der Waals surface area contributed by atoms with Crippen LogP contribution in [0.2, 0.25) is 0 Å². The summed E-state index contributed by atoms with van der Waals surface area (Å²) in [4.78, 5) is 14.6. The standard InChI is InChI=1S/C45H27N3O2/c1-2-10-29(11-3-1)45-47-38(33-13-5-4-12-31(33)28-22-24-46-25-23-28)27-39(48-45)36-21-20-32(44-43(36)37-15-7-9-17-41(37)50-44)30-18-19-35-34-14-6-8-16-40(34)49-42(35)26-30/h1-27H. The third-order valence-electron chi connectivity index (χ3n) is 9.44. The number of aromatic nitrogens is 3. The smallest absolute Gasteiger partial charge is 0.160 e. The highest BCUT2D eigenvalue weighted by Crippen LogP contribution is 2.43. The van der Waals surface area contributed by atoms with Gasteiger partial charge in [0.1, 0.15) is 22.3 Å². The van der Waals surface area contributed by atoms with E-state index in [0.717, 1.165) is 94.2 Å². The van der Waals surface area contributed by atoms with Crippen molar-refractivity contribution in [3.63, 3.8) is 0 Å². The predicted octanol–water partition coefficient (Wildman–Crippen LogP) is 12.0. The molecule has 5 nitrogen and oxygen atoms in total. The molecule has 5 heteroatoms. The van der Waals surface area contributed by atoms with Gasteiger partial charge in [0, 0.05) is 56.2 Å². The molecule has 50 heavy (non-hydrogen) atoms. The summed E-state index contributed by atoms with van der Waals surface area (Å²) in [6.45, 7) is 0. The molecule has 234 valence electrons. The molecule has 0 radical (unpaired) electrons. The Hall–Kier alpha value is -6.85. The highest BCUT2D eigenvalue weighted by molar-refractivity contribution is 6.16. The molecule has 0 unspecified atom stereocenters. The Bertz CT molecular complexity index is 2870. The van der Waals surface area contributed by atoms with E-state index in [9.17, 15) is 0 Å². The van der Waals surface area contributed by atoms with Gasteiger partial charge < -0.3 is 8.83 Å². The van der Waals surface area contributed by atoms with Crippen molar-refractivity contribution in [2.75, 3.05) is 0 Å². The van der Waals surface area contributed by atoms with E-state index in [4.69, 9.17) is 18.8 Å². The predicted molar refractivity (Wildman–Crippen MR) is 202 cm³/mol. The fourth-order valence-electron chi connectivity index (χ4n) is 7.09. The van der Waals surface area contributed by atoms with Gasteiger partial charge in [-0.25, -0.2) is 9.97 Å². The van der Waals surface area contributed by atoms with Crippen molar-refractivity contribution in [1.29, 1.82) is 0 Å². The first-order valence-electron chi connectivity index (χ1n) is 16.6. The SMILES string of the molecule is c1ccc(-c2nc(-c3ccccc3-c3ccncc3)cc(-c3ccc(-c4ccc5c(c4)oc4ccccc45)c4oc5ccccc5c34)n2)cc1. The molecule has 4 aromatic heterocycles. The minimum atomic E-state index is 0.656. The van der Waals surface area contributed by atoms with Crippen LogP contribution in [0.3, 0.4) is 0 Å². The van der Waals surface area contributed by atoms with Crippen molar-refractivity contribution >= 4 is 43.9 Å². The minimum Gasteiger partial charge on any atom is -0.456 e. The molecule has 0 saturated carbocycles. The number of hydrogen-bond acceptors (Lipinski definition) is 5. The van der Waals surface area contributed by atoms with Crippen molar-refractivity contribution in [2.24, 2.45) is 0 Å². The summed E-state index contributed by atoms with van der Waals surface area (Å²) >= 11 is 0. The molecule has 0 aliphatic rings. The van der Waals surface area contributed by atoms with E-state index in [0.29, 0.717) is 5.82 Å². The van der Waals surface area contributed by atoms with Gasteiger partial charge in [-0.1, -0.05) is 103 Å². The molecule has 0 amide bonds. The number of pyridine rings is 1. The maximum absolute atomic E-state index is 6.70. The van der Waals surface area contributed by atoms with Gasteiger partial charge >= 0.3 is 0 Å². The maximum atomic E-state index is 6.70. The number of furan rings is 2. The van der Waals surface area contributed by atoms with Crippen LogP contribution in [0.4, 0.5) is 0 Å². The highest BCUT2D eigenvalue weighted by Gasteiger charge is 2.21. The lowest BCUT2D eigenvalue weighted by atomic mass is 9.94. The van der Waals surface area contributed by atoms with E-state index < -0.39 is 0 Å². The summed E-state index contributed by atoms with van der Waals surface area (Å²) in [5.41, 5.74) is 12.1. The van der Waals surface area contributed by atoms with E-state index >= 15 is 0 Å². The largest absolute Gasteiger partial charge is 0.456 e. The van der Waals surface area contributed by atoms with E-state index in [1.54, 1.807) is 0 Å². The van der Waals surface area contributed by atoms with Crippen molar-refractivity contribution in [3.8, 4) is 56.2 Å². The number of benzene rings is 6. The molecule has 10 rings (SSSR count). The van der Waals surface area contributed by atoms with Crippen molar-refractivity contribution < 1.29 is 8.83 Å². The van der Waals surface area contributed by atoms with Crippen LogP contribution in [-0.2, 0) is 0 Å². The molecular weight excluding hydrogens is 615 g/mol. The highest BCUT2D eigenvalue weighted by atomic mass is 16.3. The summed E-state index contributed by atoms with van der Waals surface area (Å²) in [5, 5.41) is 4.24. The van der Waals surface area contributed by atoms with Crippen LogP contribution in [0.15, 0.2) is 173 Å². The first kappa shape index (κ1) is 28.2. The van der Waals surface area contributed by atoms with Crippen LogP contribution in [0.25, 0.3) is 100 Å². The number of para-hydroxylation sites is 2. The van der Waals surface area contributed by atoms with Gasteiger partial charge in [0.15, 0.2) is 5.82 Å². The number of rotatable bonds is 5. The van der Waals surface area contributed by atoms with Crippen LogP contribution in [0.5, 0.6) is 0 Å². The molecule has 0 saturated heterocycles. The lowest BCUT2D eigenvalue weighted by molar-refractivity contribution is 0.668. The lowest BCUT2D eigenvalue weighted by Gasteiger charge is -2.14. The second-order valence-corrected chi connectivity index (χ2v) is 12.4. The van der Waals surface area contributed by atoms with Crippen LogP contribution >= 0.6 is 0 Å². The minimum absolute atomic E-state index is 0.656. The monoisotopic (exact) mass is 641 g/mol. The molecule has 0 aliphatic carbocycles. The van der Waals surface area contributed by atoms with Crippen LogP contribution in [0.1, 0.15) is 0 Å². The Balaban J connectivity index is 1.22. The molecule has 0 bridgehead atoms. The van der Waals surface area contributed by atoms with Gasteiger partial charge in [-0.05, 0) is 65.2 Å². The van der Waals surface area contributed by atoms with Crippen LogP contribution in [0, 0.1) is 0 Å². The molecule has 6 aromatic carbocycles. The van der Waals surface area contributed by atoms with E-state index in [1.165, 1.54) is 0 Å². The normalized spacial score (nSPS) is 11.6. The summed E-state index contributed by atoms with van der Waals surface area (Å²) in [7, 11) is 0. The van der Waals surface area contributed by atoms with Crippen molar-refractivity contribution in [1.82, 2.24) is 15.0 Å². The number of nitrogens with zero attached hydrogens (tertiary/aromatic N) is 3. The zero-order valence-corrected chi connectivity index (χ0v) is 26.7. The second kappa shape index (κ2) is 11.4. The maximum Gasteiger partial charge on any atom is 0.160 e. The number of hydrogen-bond donors (Lipinski definition) is 0. The summed E-state index contributed by atoms with van der Waals surface area (Å²) in [5.74, 6) is 0.656. The quantitative estimate of drug-likeness (QED) is 0.187. The van der Waals surface area contributed by atoms with Crippen LogP contribution < -0.4 is 0 Å². The van der Waals surface area contributed by atoms with Gasteiger partial charge in [0.05, 0.1) is 11.4 Å². The Morgan fingerprint density at radius 1 is 0.380 bits per heavy atom. The Kier molecular flexibility index (Phi) is 6.42. The Morgan fingerprint density at radius 3 is 1.84 bits per heavy atom. The van der Waals surface area contributed by atoms with Crippen molar-refractivity contribution in [2.45, 2.75) is 0 Å². The molecule has 4 heterocycles. The van der Waals surface area contributed by atoms with E-state index in [-0.39, 0.29) is 0 Å². The summed E-state index contributed by atoms with van der Waals surface area (Å²) in [6.07, 6.45) is 3.64. The Labute approximate surface area is 287 Å². The second-order valence-electron chi connectivity index (χ2n) is 12.4. The van der Waals surface area contributed by atoms with Gasteiger partial charge in [0.2, 0.25) is 0 Å². The fourth-order valence-corrected chi connectivity index (χ4v) is 7.09. The molecule has 0 spiro atoms. The number of fused-ring (bicyclic) bond motifs is 6. The molecular formula is C45H27N3O2. The summed E-state index contributed by atoms with van der Waals surface area (Å²) in [6, 6.07) is 51.8. The van der Waals surface area contributed by atoms with Crippen molar-refractivity contribution in [3.05, 3.63) is 164 Å². The third-order valence-corrected chi connectivity index (χ3v) is 9.44. The topological polar surface area (TPSA) is 65.0 Å². The lowest BCUT2D eigenvalue weighted by Crippen LogP contribution is -1.97. The van der Waals surface area contributed by atoms with E-state index in [2.05, 4.69) is 96.0 Å². The zero-order valence-electron chi connectivity index (χ0n) is 26.7. The zero-order chi connectivity index (χ0) is 33.0. The first-order valence-corrected chi connectivity index (χ1v) is 16.6. The van der Waals surface area contributed by atoms with Gasteiger partial charge in [0.25, 0.3) is 0 Å². The van der Waals surface area contributed by atoms with Gasteiger partial charge in [-0.2, -0.15) is 0 Å². The average Bonchev–Trinajstić information content (AvgIpc) is 3.77. The molecule has 0 fully saturated rings. The first-order chi connectivity index (χ1) is 24.8. The Morgan fingerprint density at radius 2 is 1.02 bits per heavy atom. The molecule has 0 N–H and O–H groups in total. The van der Waals surface area contributed by atoms with Gasteiger partial charge in [-0.15, -0.1) is 0 Å². The van der Waals surface area contributed by atoms with Crippen LogP contribution in [-0.4, -0.2) is 15.0 Å². The van der Waals surface area contributed by atoms with Gasteiger partial charge in [-0.3, -0.25) is 4.98 Å². The third kappa shape index (κ3) is 4.60. The molecule has 0 atom stereocenters. The van der Waals surface area contributed by atoms with E-state index in [1.807, 2.05) is 73.1 Å². The average molecular weight is 642 g/mol. The summed E-state index contributed by atoms with van der Waals surface area (Å²) < 4.78 is 13.0. The fraction of sp³-hybridized carbons (Fsp3) is 0. The molecule has 0 aliphatic heterocycles. The molecule has 10 aromatic rings.